The molecule has 0 bridgehead atoms. The number of amides is 1. The molecule has 0 atom stereocenters. The van der Waals surface area contributed by atoms with Crippen LogP contribution in [0.5, 0.6) is 23.0 Å². The van der Waals surface area contributed by atoms with Gasteiger partial charge >= 0.3 is 0 Å². The molecular formula is C21H28N2O7S. The minimum absolute atomic E-state index is 0.0795. The fourth-order valence-electron chi connectivity index (χ4n) is 2.91. The van der Waals surface area contributed by atoms with E-state index in [4.69, 9.17) is 18.9 Å². The van der Waals surface area contributed by atoms with Gasteiger partial charge in [0.15, 0.2) is 11.5 Å². The van der Waals surface area contributed by atoms with Crippen LogP contribution < -0.4 is 18.9 Å². The molecule has 9 nitrogen and oxygen atoms in total. The number of ether oxygens (including phenoxy) is 4. The van der Waals surface area contributed by atoms with Gasteiger partial charge in [0.1, 0.15) is 5.75 Å². The van der Waals surface area contributed by atoms with Gasteiger partial charge in [-0.25, -0.2) is 8.42 Å². The Kier molecular flexibility index (Phi) is 8.12. The second-order valence-corrected chi connectivity index (χ2v) is 8.76. The molecule has 0 heterocycles. The first-order valence-corrected chi connectivity index (χ1v) is 10.7. The third kappa shape index (κ3) is 5.59. The zero-order chi connectivity index (χ0) is 23.2. The molecule has 0 spiro atoms. The van der Waals surface area contributed by atoms with Crippen molar-refractivity contribution in [2.75, 3.05) is 49.1 Å². The fourth-order valence-corrected chi connectivity index (χ4v) is 4.03. The molecule has 2 rings (SSSR count). The Labute approximate surface area is 183 Å². The first kappa shape index (κ1) is 24.3. The molecule has 0 aromatic heterocycles. The van der Waals surface area contributed by atoms with Gasteiger partial charge in [-0.1, -0.05) is 0 Å². The third-order valence-corrected chi connectivity index (χ3v) is 6.51. The normalized spacial score (nSPS) is 11.2. The van der Waals surface area contributed by atoms with Gasteiger partial charge in [0.2, 0.25) is 21.7 Å². The number of likely N-dealkylation sites (N-methyl/N-ethyl adjacent to an activating group) is 2. The van der Waals surface area contributed by atoms with Gasteiger partial charge in [-0.15, -0.1) is 0 Å². The average Bonchev–Trinajstić information content (AvgIpc) is 2.77. The van der Waals surface area contributed by atoms with E-state index in [1.807, 2.05) is 0 Å². The van der Waals surface area contributed by atoms with Crippen LogP contribution in [0.3, 0.4) is 0 Å². The zero-order valence-electron chi connectivity index (χ0n) is 18.5. The van der Waals surface area contributed by atoms with E-state index < -0.39 is 10.0 Å². The molecule has 0 saturated heterocycles. The summed E-state index contributed by atoms with van der Waals surface area (Å²) in [5, 5.41) is 0. The van der Waals surface area contributed by atoms with Gasteiger partial charge in [0.25, 0.3) is 0 Å². The first-order valence-electron chi connectivity index (χ1n) is 9.31. The van der Waals surface area contributed by atoms with Crippen molar-refractivity contribution in [2.45, 2.75) is 11.4 Å². The van der Waals surface area contributed by atoms with Crippen molar-refractivity contribution in [3.8, 4) is 23.0 Å². The lowest BCUT2D eigenvalue weighted by Crippen LogP contribution is -2.39. The largest absolute Gasteiger partial charge is 0.497 e. The van der Waals surface area contributed by atoms with E-state index >= 15 is 0 Å². The highest BCUT2D eigenvalue weighted by atomic mass is 32.2. The number of hydrogen-bond acceptors (Lipinski definition) is 7. The van der Waals surface area contributed by atoms with E-state index in [0.717, 1.165) is 9.87 Å². The molecule has 0 radical (unpaired) electrons. The Morgan fingerprint density at radius 2 is 1.42 bits per heavy atom. The monoisotopic (exact) mass is 452 g/mol. The molecule has 0 unspecified atom stereocenters. The van der Waals surface area contributed by atoms with E-state index in [0.29, 0.717) is 23.0 Å². The zero-order valence-corrected chi connectivity index (χ0v) is 19.4. The van der Waals surface area contributed by atoms with Gasteiger partial charge in [0, 0.05) is 20.6 Å². The van der Waals surface area contributed by atoms with Crippen LogP contribution >= 0.6 is 0 Å². The third-order valence-electron chi connectivity index (χ3n) is 4.70. The Morgan fingerprint density at radius 3 is 1.87 bits per heavy atom. The minimum atomic E-state index is -3.82. The SMILES string of the molecule is COc1ccc(S(=O)(=O)N(C)CC(=O)N(C)Cc2cc(OC)c(OC)c(OC)c2)cc1. The number of sulfonamides is 1. The number of nitrogens with zero attached hydrogens (tertiary/aromatic N) is 2. The van der Waals surface area contributed by atoms with E-state index in [2.05, 4.69) is 0 Å². The van der Waals surface area contributed by atoms with Crippen molar-refractivity contribution in [3.05, 3.63) is 42.0 Å². The molecule has 0 aliphatic rings. The summed E-state index contributed by atoms with van der Waals surface area (Å²) >= 11 is 0. The number of hydrogen-bond donors (Lipinski definition) is 0. The van der Waals surface area contributed by atoms with Crippen LogP contribution in [0.15, 0.2) is 41.3 Å². The van der Waals surface area contributed by atoms with E-state index in [9.17, 15) is 13.2 Å². The van der Waals surface area contributed by atoms with Crippen molar-refractivity contribution in [3.63, 3.8) is 0 Å². The molecule has 0 saturated carbocycles. The molecule has 0 fully saturated rings. The number of benzene rings is 2. The van der Waals surface area contributed by atoms with Crippen LogP contribution in [0.4, 0.5) is 0 Å². The number of methoxy groups -OCH3 is 4. The molecule has 0 aliphatic heterocycles. The molecule has 2 aromatic rings. The van der Waals surface area contributed by atoms with Gasteiger partial charge in [0.05, 0.1) is 39.9 Å². The van der Waals surface area contributed by atoms with Crippen molar-refractivity contribution in [1.29, 1.82) is 0 Å². The van der Waals surface area contributed by atoms with Gasteiger partial charge in [-0.2, -0.15) is 4.31 Å². The maximum Gasteiger partial charge on any atom is 0.243 e. The maximum atomic E-state index is 12.8. The Hall–Kier alpha value is -2.98. The summed E-state index contributed by atoms with van der Waals surface area (Å²) in [6.45, 7) is -0.0821. The summed E-state index contributed by atoms with van der Waals surface area (Å²) in [5.74, 6) is 1.57. The topological polar surface area (TPSA) is 94.6 Å². The minimum Gasteiger partial charge on any atom is -0.497 e. The summed E-state index contributed by atoms with van der Waals surface area (Å²) in [7, 11) is 5.16. The molecule has 31 heavy (non-hydrogen) atoms. The van der Waals surface area contributed by atoms with E-state index in [1.165, 1.54) is 52.5 Å². The lowest BCUT2D eigenvalue weighted by atomic mass is 10.1. The fraction of sp³-hybridized carbons (Fsp3) is 0.381. The summed E-state index contributed by atoms with van der Waals surface area (Å²) in [6, 6.07) is 9.47. The molecule has 2 aromatic carbocycles. The van der Waals surface area contributed by atoms with Gasteiger partial charge in [-0.3, -0.25) is 4.79 Å². The molecule has 0 N–H and O–H groups in total. The summed E-state index contributed by atoms with van der Waals surface area (Å²) in [4.78, 5) is 14.2. The quantitative estimate of drug-likeness (QED) is 0.544. The van der Waals surface area contributed by atoms with Crippen molar-refractivity contribution >= 4 is 15.9 Å². The van der Waals surface area contributed by atoms with Gasteiger partial charge < -0.3 is 23.8 Å². The highest BCUT2D eigenvalue weighted by molar-refractivity contribution is 7.89. The second-order valence-electron chi connectivity index (χ2n) is 6.72. The van der Waals surface area contributed by atoms with Crippen LogP contribution in [0.2, 0.25) is 0 Å². The van der Waals surface area contributed by atoms with E-state index in [-0.39, 0.29) is 23.9 Å². The molecule has 0 aliphatic carbocycles. The Balaban J connectivity index is 2.13. The van der Waals surface area contributed by atoms with Crippen LogP contribution in [0, 0.1) is 0 Å². The summed E-state index contributed by atoms with van der Waals surface area (Å²) in [6.07, 6.45) is 0. The van der Waals surface area contributed by atoms with Crippen molar-refractivity contribution in [2.24, 2.45) is 0 Å². The predicted octanol–water partition coefficient (Wildman–Crippen LogP) is 2.00. The predicted molar refractivity (Wildman–Crippen MR) is 115 cm³/mol. The standard InChI is InChI=1S/C21H28N2O7S/c1-22(13-15-11-18(28-4)21(30-6)19(12-15)29-5)20(24)14-23(2)31(25,26)17-9-7-16(27-3)8-10-17/h7-12H,13-14H2,1-6H3. The van der Waals surface area contributed by atoms with Gasteiger partial charge in [-0.05, 0) is 42.0 Å². The van der Waals surface area contributed by atoms with Crippen molar-refractivity contribution < 1.29 is 32.2 Å². The van der Waals surface area contributed by atoms with Crippen molar-refractivity contribution in [1.82, 2.24) is 9.21 Å². The average molecular weight is 453 g/mol. The molecule has 170 valence electrons. The summed E-state index contributed by atoms with van der Waals surface area (Å²) < 4.78 is 47.5. The number of rotatable bonds is 10. The van der Waals surface area contributed by atoms with Crippen LogP contribution in [-0.4, -0.2) is 72.6 Å². The highest BCUT2D eigenvalue weighted by Crippen LogP contribution is 2.38. The number of carbonyl (C=O) groups excluding carboxylic acids is 1. The molecular weight excluding hydrogens is 424 g/mol. The van der Waals surface area contributed by atoms with Crippen LogP contribution in [-0.2, 0) is 21.4 Å². The smallest absolute Gasteiger partial charge is 0.243 e. The highest BCUT2D eigenvalue weighted by Gasteiger charge is 2.25. The summed E-state index contributed by atoms with van der Waals surface area (Å²) in [5.41, 5.74) is 0.742. The van der Waals surface area contributed by atoms with E-state index in [1.54, 1.807) is 31.3 Å². The molecule has 10 heteroatoms. The second kappa shape index (κ2) is 10.4. The first-order chi connectivity index (χ1) is 14.7. The lowest BCUT2D eigenvalue weighted by Gasteiger charge is -2.23. The lowest BCUT2D eigenvalue weighted by molar-refractivity contribution is -0.130. The van der Waals surface area contributed by atoms with Crippen LogP contribution in [0.1, 0.15) is 5.56 Å². The number of carbonyl (C=O) groups is 1. The Morgan fingerprint density at radius 1 is 0.871 bits per heavy atom. The Bertz CT molecular complexity index is 982. The van der Waals surface area contributed by atoms with Crippen LogP contribution in [0.25, 0.3) is 0 Å². The molecule has 1 amide bonds. The maximum absolute atomic E-state index is 12.8.